The minimum atomic E-state index is -0.704. The van der Waals surface area contributed by atoms with Gasteiger partial charge < -0.3 is 14.7 Å². The lowest BCUT2D eigenvalue weighted by Crippen LogP contribution is -2.61. The van der Waals surface area contributed by atoms with Crippen molar-refractivity contribution in [2.24, 2.45) is 5.92 Å². The Morgan fingerprint density at radius 3 is 2.73 bits per heavy atom. The molecule has 0 aromatic carbocycles. The first-order valence-electron chi connectivity index (χ1n) is 8.99. The van der Waals surface area contributed by atoms with E-state index in [2.05, 4.69) is 4.90 Å². The molecule has 2 saturated carbocycles. The Hall–Kier alpha value is -0.650. The zero-order valence-electron chi connectivity index (χ0n) is 13.4. The van der Waals surface area contributed by atoms with Gasteiger partial charge in [0.1, 0.15) is 0 Å². The predicted octanol–water partition coefficient (Wildman–Crippen LogP) is 1.00. The fourth-order valence-corrected chi connectivity index (χ4v) is 4.18. The first kappa shape index (κ1) is 14.9. The SMILES string of the molecule is O=C(CC1(O)CCC1)N1CC[C@@H]2OCCN(CC3CC3)[C@H]2C1. The number of nitrogens with zero attached hydrogens (tertiary/aromatic N) is 2. The molecule has 0 aromatic rings. The maximum absolute atomic E-state index is 12.5. The number of morpholine rings is 1. The summed E-state index contributed by atoms with van der Waals surface area (Å²) >= 11 is 0. The Morgan fingerprint density at radius 2 is 2.05 bits per heavy atom. The van der Waals surface area contributed by atoms with Gasteiger partial charge in [0.25, 0.3) is 0 Å². The second-order valence-electron chi connectivity index (χ2n) is 7.80. The van der Waals surface area contributed by atoms with Crippen molar-refractivity contribution in [3.8, 4) is 0 Å². The molecule has 0 aromatic heterocycles. The largest absolute Gasteiger partial charge is 0.389 e. The molecule has 0 spiro atoms. The standard InChI is InChI=1S/C17H28N2O3/c20-16(10-17(21)5-1-6-17)19-7-4-15-14(12-19)18(8-9-22-15)11-13-2-3-13/h13-15,21H,1-12H2/t14-,15-/m0/s1. The van der Waals surface area contributed by atoms with Gasteiger partial charge in [-0.05, 0) is 44.4 Å². The average Bonchev–Trinajstić information content (AvgIpc) is 3.29. The third-order valence-electron chi connectivity index (χ3n) is 6.01. The van der Waals surface area contributed by atoms with Gasteiger partial charge in [0.05, 0.1) is 30.8 Å². The smallest absolute Gasteiger partial charge is 0.225 e. The Kier molecular flexibility index (Phi) is 3.91. The quantitative estimate of drug-likeness (QED) is 0.842. The molecular formula is C17H28N2O3. The second-order valence-corrected chi connectivity index (χ2v) is 7.80. The van der Waals surface area contributed by atoms with E-state index in [9.17, 15) is 9.90 Å². The summed E-state index contributed by atoms with van der Waals surface area (Å²) in [4.78, 5) is 17.1. The summed E-state index contributed by atoms with van der Waals surface area (Å²) in [5, 5.41) is 10.2. The van der Waals surface area contributed by atoms with Crippen LogP contribution in [-0.4, -0.2) is 71.3 Å². The summed E-state index contributed by atoms with van der Waals surface area (Å²) in [5.41, 5.74) is -0.704. The molecule has 0 radical (unpaired) electrons. The highest BCUT2D eigenvalue weighted by atomic mass is 16.5. The highest BCUT2D eigenvalue weighted by Gasteiger charge is 2.42. The van der Waals surface area contributed by atoms with Gasteiger partial charge in [-0.3, -0.25) is 9.69 Å². The van der Waals surface area contributed by atoms with Crippen LogP contribution in [0.1, 0.15) is 44.9 Å². The Labute approximate surface area is 132 Å². The first-order chi connectivity index (χ1) is 10.6. The normalized spacial score (nSPS) is 34.9. The van der Waals surface area contributed by atoms with Gasteiger partial charge in [-0.1, -0.05) is 0 Å². The van der Waals surface area contributed by atoms with Crippen molar-refractivity contribution in [2.45, 2.75) is 62.7 Å². The Bertz CT molecular complexity index is 434. The third-order valence-corrected chi connectivity index (χ3v) is 6.01. The van der Waals surface area contributed by atoms with Crippen molar-refractivity contribution < 1.29 is 14.6 Å². The molecule has 22 heavy (non-hydrogen) atoms. The van der Waals surface area contributed by atoms with Gasteiger partial charge in [-0.25, -0.2) is 0 Å². The Morgan fingerprint density at radius 1 is 1.23 bits per heavy atom. The lowest BCUT2D eigenvalue weighted by Gasteiger charge is -2.48. The van der Waals surface area contributed by atoms with Crippen LogP contribution >= 0.6 is 0 Å². The number of piperidine rings is 1. The number of likely N-dealkylation sites (tertiary alicyclic amines) is 1. The topological polar surface area (TPSA) is 53.0 Å². The van der Waals surface area contributed by atoms with Crippen LogP contribution < -0.4 is 0 Å². The van der Waals surface area contributed by atoms with E-state index in [1.54, 1.807) is 0 Å². The first-order valence-corrected chi connectivity index (χ1v) is 8.99. The van der Waals surface area contributed by atoms with Crippen LogP contribution in [0.5, 0.6) is 0 Å². The molecule has 2 atom stereocenters. The molecule has 124 valence electrons. The summed E-state index contributed by atoms with van der Waals surface area (Å²) in [5.74, 6) is 1.01. The lowest BCUT2D eigenvalue weighted by molar-refractivity contribution is -0.150. The van der Waals surface area contributed by atoms with Crippen LogP contribution in [0.4, 0.5) is 0 Å². The van der Waals surface area contributed by atoms with Crippen molar-refractivity contribution in [1.82, 2.24) is 9.80 Å². The maximum Gasteiger partial charge on any atom is 0.225 e. The number of ether oxygens (including phenoxy) is 1. The molecule has 4 aliphatic rings. The maximum atomic E-state index is 12.5. The highest BCUT2D eigenvalue weighted by Crippen LogP contribution is 2.36. The molecule has 0 bridgehead atoms. The van der Waals surface area contributed by atoms with Gasteiger partial charge >= 0.3 is 0 Å². The second kappa shape index (κ2) is 5.77. The van der Waals surface area contributed by atoms with E-state index in [0.29, 0.717) is 18.6 Å². The minimum absolute atomic E-state index is 0.137. The number of amides is 1. The molecule has 1 N–H and O–H groups in total. The third kappa shape index (κ3) is 3.03. The van der Waals surface area contributed by atoms with Gasteiger partial charge in [0.2, 0.25) is 5.91 Å². The van der Waals surface area contributed by atoms with Crippen LogP contribution in [0.15, 0.2) is 0 Å². The summed E-state index contributed by atoms with van der Waals surface area (Å²) in [7, 11) is 0. The average molecular weight is 308 g/mol. The fourth-order valence-electron chi connectivity index (χ4n) is 4.18. The number of hydrogen-bond donors (Lipinski definition) is 1. The molecule has 0 unspecified atom stereocenters. The molecule has 4 fully saturated rings. The molecule has 1 amide bonds. The molecule has 2 aliphatic carbocycles. The van der Waals surface area contributed by atoms with Crippen molar-refractivity contribution in [1.29, 1.82) is 0 Å². The molecule has 5 nitrogen and oxygen atoms in total. The summed E-state index contributed by atoms with van der Waals surface area (Å²) < 4.78 is 5.95. The molecule has 2 saturated heterocycles. The summed E-state index contributed by atoms with van der Waals surface area (Å²) in [6, 6.07) is 0.364. The van der Waals surface area contributed by atoms with Gasteiger partial charge in [0, 0.05) is 26.2 Å². The van der Waals surface area contributed by atoms with Gasteiger partial charge in [-0.15, -0.1) is 0 Å². The molecule has 2 aliphatic heterocycles. The Balaban J connectivity index is 1.37. The van der Waals surface area contributed by atoms with Crippen molar-refractivity contribution in [2.75, 3.05) is 32.8 Å². The summed E-state index contributed by atoms with van der Waals surface area (Å²) in [6.45, 7) is 4.58. The monoisotopic (exact) mass is 308 g/mol. The number of fused-ring (bicyclic) bond motifs is 1. The van der Waals surface area contributed by atoms with Crippen molar-refractivity contribution >= 4 is 5.91 Å². The highest BCUT2D eigenvalue weighted by molar-refractivity contribution is 5.77. The number of aliphatic hydroxyl groups is 1. The zero-order valence-corrected chi connectivity index (χ0v) is 13.4. The molecule has 5 heteroatoms. The number of hydrogen-bond acceptors (Lipinski definition) is 4. The molecule has 2 heterocycles. The van der Waals surface area contributed by atoms with E-state index >= 15 is 0 Å². The van der Waals surface area contributed by atoms with Crippen LogP contribution in [0.3, 0.4) is 0 Å². The fraction of sp³-hybridized carbons (Fsp3) is 0.941. The van der Waals surface area contributed by atoms with Gasteiger partial charge in [0.15, 0.2) is 0 Å². The van der Waals surface area contributed by atoms with E-state index in [0.717, 1.165) is 57.8 Å². The van der Waals surface area contributed by atoms with E-state index in [-0.39, 0.29) is 5.91 Å². The predicted molar refractivity (Wildman–Crippen MR) is 82.4 cm³/mol. The molecule has 4 rings (SSSR count). The van der Waals surface area contributed by atoms with Crippen LogP contribution in [-0.2, 0) is 9.53 Å². The number of carbonyl (C=O) groups is 1. The lowest BCUT2D eigenvalue weighted by atomic mass is 9.77. The molecular weight excluding hydrogens is 280 g/mol. The van der Waals surface area contributed by atoms with Crippen LogP contribution in [0, 0.1) is 5.92 Å². The van der Waals surface area contributed by atoms with Crippen molar-refractivity contribution in [3.63, 3.8) is 0 Å². The van der Waals surface area contributed by atoms with E-state index < -0.39 is 5.60 Å². The van der Waals surface area contributed by atoms with Crippen LogP contribution in [0.25, 0.3) is 0 Å². The van der Waals surface area contributed by atoms with E-state index in [1.165, 1.54) is 19.4 Å². The number of rotatable bonds is 4. The zero-order chi connectivity index (χ0) is 15.2. The van der Waals surface area contributed by atoms with Crippen LogP contribution in [0.2, 0.25) is 0 Å². The van der Waals surface area contributed by atoms with E-state index in [4.69, 9.17) is 4.74 Å². The van der Waals surface area contributed by atoms with Crippen molar-refractivity contribution in [3.05, 3.63) is 0 Å². The van der Waals surface area contributed by atoms with Gasteiger partial charge in [-0.2, -0.15) is 0 Å². The summed E-state index contributed by atoms with van der Waals surface area (Å²) in [6.07, 6.45) is 6.91. The minimum Gasteiger partial charge on any atom is -0.389 e. The van der Waals surface area contributed by atoms with E-state index in [1.807, 2.05) is 4.90 Å². The number of carbonyl (C=O) groups excluding carboxylic acids is 1.